The SMILES string of the molecule is CCCCC(=O)N1CCN(c2ccc(NC(=O)C3CC3c3ccccc3)cc2)CC1. The second-order valence-electron chi connectivity index (χ2n) is 8.37. The Kier molecular flexibility index (Phi) is 6.36. The zero-order valence-electron chi connectivity index (χ0n) is 17.7. The lowest BCUT2D eigenvalue weighted by Crippen LogP contribution is -2.48. The van der Waals surface area contributed by atoms with E-state index in [4.69, 9.17) is 0 Å². The highest BCUT2D eigenvalue weighted by Crippen LogP contribution is 2.47. The average Bonchev–Trinajstić information content (AvgIpc) is 3.60. The van der Waals surface area contributed by atoms with Crippen LogP contribution in [0.2, 0.25) is 0 Å². The number of rotatable bonds is 7. The standard InChI is InChI=1S/C25H31N3O2/c1-2-3-9-24(29)28-16-14-27(15-17-28)21-12-10-20(11-13-21)26-25(30)23-18-22(23)19-7-5-4-6-8-19/h4-8,10-13,22-23H,2-3,9,14-18H2,1H3,(H,26,30). The molecule has 2 fully saturated rings. The maximum atomic E-state index is 12.6. The Labute approximate surface area is 179 Å². The molecule has 5 nitrogen and oxygen atoms in total. The minimum absolute atomic E-state index is 0.0744. The Morgan fingerprint density at radius 1 is 0.967 bits per heavy atom. The Morgan fingerprint density at radius 2 is 1.67 bits per heavy atom. The van der Waals surface area contributed by atoms with Crippen LogP contribution in [0.1, 0.15) is 44.1 Å². The molecule has 0 spiro atoms. The van der Waals surface area contributed by atoms with Gasteiger partial charge in [-0.15, -0.1) is 0 Å². The smallest absolute Gasteiger partial charge is 0.228 e. The number of anilines is 2. The molecular formula is C25H31N3O2. The van der Waals surface area contributed by atoms with Crippen LogP contribution in [0.15, 0.2) is 54.6 Å². The van der Waals surface area contributed by atoms with Gasteiger partial charge in [0.2, 0.25) is 11.8 Å². The number of benzene rings is 2. The van der Waals surface area contributed by atoms with Gasteiger partial charge in [-0.25, -0.2) is 0 Å². The highest BCUT2D eigenvalue weighted by Gasteiger charge is 2.43. The highest BCUT2D eigenvalue weighted by atomic mass is 16.2. The number of nitrogens with one attached hydrogen (secondary N) is 1. The number of carbonyl (C=O) groups excluding carboxylic acids is 2. The van der Waals surface area contributed by atoms with Gasteiger partial charge in [0.05, 0.1) is 0 Å². The van der Waals surface area contributed by atoms with Crippen molar-refractivity contribution < 1.29 is 9.59 Å². The van der Waals surface area contributed by atoms with Crippen LogP contribution in [-0.4, -0.2) is 42.9 Å². The molecule has 1 aliphatic carbocycles. The van der Waals surface area contributed by atoms with Crippen LogP contribution in [0, 0.1) is 5.92 Å². The maximum absolute atomic E-state index is 12.6. The third-order valence-corrected chi connectivity index (χ3v) is 6.23. The summed E-state index contributed by atoms with van der Waals surface area (Å²) in [6.07, 6.45) is 3.62. The molecule has 1 saturated carbocycles. The molecule has 2 aromatic carbocycles. The minimum Gasteiger partial charge on any atom is -0.368 e. The Balaban J connectivity index is 1.26. The van der Waals surface area contributed by atoms with E-state index in [9.17, 15) is 9.59 Å². The van der Waals surface area contributed by atoms with Crippen LogP contribution in [0.25, 0.3) is 0 Å². The molecule has 5 heteroatoms. The summed E-state index contributed by atoms with van der Waals surface area (Å²) in [6.45, 7) is 5.38. The zero-order chi connectivity index (χ0) is 20.9. The lowest BCUT2D eigenvalue weighted by molar-refractivity contribution is -0.131. The van der Waals surface area contributed by atoms with Crippen molar-refractivity contribution in [1.82, 2.24) is 4.90 Å². The number of hydrogen-bond donors (Lipinski definition) is 1. The van der Waals surface area contributed by atoms with Gasteiger partial charge >= 0.3 is 0 Å². The van der Waals surface area contributed by atoms with Gasteiger partial charge in [-0.1, -0.05) is 43.7 Å². The maximum Gasteiger partial charge on any atom is 0.228 e. The summed E-state index contributed by atoms with van der Waals surface area (Å²) >= 11 is 0. The van der Waals surface area contributed by atoms with E-state index in [1.54, 1.807) is 0 Å². The Morgan fingerprint density at radius 3 is 2.33 bits per heavy atom. The molecule has 2 aliphatic rings. The summed E-state index contributed by atoms with van der Waals surface area (Å²) in [5.41, 5.74) is 3.23. The number of unbranched alkanes of at least 4 members (excludes halogenated alkanes) is 1. The molecule has 4 rings (SSSR count). The lowest BCUT2D eigenvalue weighted by Gasteiger charge is -2.36. The second kappa shape index (κ2) is 9.33. The molecule has 0 radical (unpaired) electrons. The molecule has 2 unspecified atom stereocenters. The molecule has 1 N–H and O–H groups in total. The van der Waals surface area contributed by atoms with E-state index in [1.165, 1.54) is 5.56 Å². The molecule has 1 aliphatic heterocycles. The second-order valence-corrected chi connectivity index (χ2v) is 8.37. The van der Waals surface area contributed by atoms with Crippen molar-refractivity contribution in [3.63, 3.8) is 0 Å². The fraction of sp³-hybridized carbons (Fsp3) is 0.440. The number of carbonyl (C=O) groups is 2. The third-order valence-electron chi connectivity index (χ3n) is 6.23. The van der Waals surface area contributed by atoms with Crippen molar-refractivity contribution >= 4 is 23.2 Å². The Bertz CT molecular complexity index is 858. The van der Waals surface area contributed by atoms with Crippen LogP contribution in [0.3, 0.4) is 0 Å². The minimum atomic E-state index is 0.0744. The van der Waals surface area contributed by atoms with Crippen molar-refractivity contribution in [1.29, 1.82) is 0 Å². The number of amides is 2. The summed E-state index contributed by atoms with van der Waals surface area (Å²) in [6, 6.07) is 18.3. The van der Waals surface area contributed by atoms with Gasteiger partial charge in [0.1, 0.15) is 0 Å². The van der Waals surface area contributed by atoms with E-state index in [2.05, 4.69) is 41.4 Å². The molecule has 2 amide bonds. The molecule has 0 aromatic heterocycles. The first-order valence-corrected chi connectivity index (χ1v) is 11.1. The van der Waals surface area contributed by atoms with Crippen LogP contribution in [-0.2, 0) is 9.59 Å². The van der Waals surface area contributed by atoms with Gasteiger partial charge in [0.15, 0.2) is 0 Å². The van der Waals surface area contributed by atoms with Gasteiger partial charge in [0.25, 0.3) is 0 Å². The van der Waals surface area contributed by atoms with Gasteiger partial charge < -0.3 is 15.1 Å². The van der Waals surface area contributed by atoms with Gasteiger partial charge in [-0.3, -0.25) is 9.59 Å². The largest absolute Gasteiger partial charge is 0.368 e. The molecule has 30 heavy (non-hydrogen) atoms. The number of nitrogens with zero attached hydrogens (tertiary/aromatic N) is 2. The van der Waals surface area contributed by atoms with E-state index in [-0.39, 0.29) is 17.7 Å². The molecule has 1 heterocycles. The summed E-state index contributed by atoms with van der Waals surface area (Å²) < 4.78 is 0. The van der Waals surface area contributed by atoms with E-state index < -0.39 is 0 Å². The zero-order valence-corrected chi connectivity index (χ0v) is 17.7. The summed E-state index contributed by atoms with van der Waals surface area (Å²) in [4.78, 5) is 29.0. The monoisotopic (exact) mass is 405 g/mol. The average molecular weight is 406 g/mol. The van der Waals surface area contributed by atoms with Crippen LogP contribution < -0.4 is 10.2 Å². The van der Waals surface area contributed by atoms with E-state index >= 15 is 0 Å². The summed E-state index contributed by atoms with van der Waals surface area (Å²) in [5.74, 6) is 0.812. The van der Waals surface area contributed by atoms with Crippen molar-refractivity contribution in [2.45, 2.75) is 38.5 Å². The predicted molar refractivity (Wildman–Crippen MR) is 121 cm³/mol. The molecule has 2 atom stereocenters. The molecule has 158 valence electrons. The van der Waals surface area contributed by atoms with Crippen LogP contribution >= 0.6 is 0 Å². The van der Waals surface area contributed by atoms with E-state index in [1.807, 2.05) is 35.2 Å². The van der Waals surface area contributed by atoms with Crippen molar-refractivity contribution in [3.05, 3.63) is 60.2 Å². The first-order chi connectivity index (χ1) is 14.7. The normalized spacial score (nSPS) is 20.7. The van der Waals surface area contributed by atoms with Gasteiger partial charge in [-0.05, 0) is 48.6 Å². The fourth-order valence-corrected chi connectivity index (χ4v) is 4.24. The summed E-state index contributed by atoms with van der Waals surface area (Å²) in [7, 11) is 0. The molecule has 0 bridgehead atoms. The van der Waals surface area contributed by atoms with E-state index in [0.29, 0.717) is 12.3 Å². The first kappa shape index (κ1) is 20.5. The fourth-order valence-electron chi connectivity index (χ4n) is 4.24. The quantitative estimate of drug-likeness (QED) is 0.749. The van der Waals surface area contributed by atoms with Crippen molar-refractivity contribution in [2.24, 2.45) is 5.92 Å². The molecular weight excluding hydrogens is 374 g/mol. The highest BCUT2D eigenvalue weighted by molar-refractivity contribution is 5.95. The van der Waals surface area contributed by atoms with Crippen molar-refractivity contribution in [2.75, 3.05) is 36.4 Å². The predicted octanol–water partition coefficient (Wildman–Crippen LogP) is 4.27. The topological polar surface area (TPSA) is 52.7 Å². The third kappa shape index (κ3) is 4.84. The molecule has 1 saturated heterocycles. The lowest BCUT2D eigenvalue weighted by atomic mass is 10.1. The first-order valence-electron chi connectivity index (χ1n) is 11.1. The van der Waals surface area contributed by atoms with Crippen LogP contribution in [0.4, 0.5) is 11.4 Å². The van der Waals surface area contributed by atoms with Crippen LogP contribution in [0.5, 0.6) is 0 Å². The van der Waals surface area contributed by atoms with Gasteiger partial charge in [0, 0.05) is 49.9 Å². The number of piperazine rings is 1. The Hall–Kier alpha value is -2.82. The summed E-state index contributed by atoms with van der Waals surface area (Å²) in [5, 5.41) is 3.06. The molecule has 2 aromatic rings. The van der Waals surface area contributed by atoms with Crippen molar-refractivity contribution in [3.8, 4) is 0 Å². The van der Waals surface area contributed by atoms with Gasteiger partial charge in [-0.2, -0.15) is 0 Å². The van der Waals surface area contributed by atoms with E-state index in [0.717, 1.165) is 56.8 Å². The number of hydrogen-bond acceptors (Lipinski definition) is 3.